The fourth-order valence-electron chi connectivity index (χ4n) is 1.69. The number of carbonyl (C=O) groups is 1. The predicted molar refractivity (Wildman–Crippen MR) is 67.2 cm³/mol. The first-order chi connectivity index (χ1) is 8.22. The van der Waals surface area contributed by atoms with Gasteiger partial charge in [0, 0.05) is 6.42 Å². The third-order valence-electron chi connectivity index (χ3n) is 2.67. The van der Waals surface area contributed by atoms with Crippen LogP contribution in [0.4, 0.5) is 0 Å². The first-order valence-electron chi connectivity index (χ1n) is 5.90. The molecule has 0 saturated carbocycles. The van der Waals surface area contributed by atoms with E-state index in [4.69, 9.17) is 5.26 Å². The summed E-state index contributed by atoms with van der Waals surface area (Å²) in [6.07, 6.45) is 2.48. The summed E-state index contributed by atoms with van der Waals surface area (Å²) in [5.74, 6) is 0.306. The van der Waals surface area contributed by atoms with Crippen LogP contribution in [0.3, 0.4) is 0 Å². The lowest BCUT2D eigenvalue weighted by Crippen LogP contribution is -2.25. The maximum Gasteiger partial charge on any atom is 0.221 e. The van der Waals surface area contributed by atoms with Crippen LogP contribution < -0.4 is 5.32 Å². The Morgan fingerprint density at radius 3 is 2.76 bits per heavy atom. The molecule has 1 aromatic carbocycles. The van der Waals surface area contributed by atoms with Gasteiger partial charge in [-0.1, -0.05) is 37.3 Å². The molecular formula is C14H18N2O. The average molecular weight is 230 g/mol. The van der Waals surface area contributed by atoms with Gasteiger partial charge < -0.3 is 5.32 Å². The second kappa shape index (κ2) is 7.45. The van der Waals surface area contributed by atoms with Crippen molar-refractivity contribution in [2.24, 2.45) is 5.92 Å². The number of amides is 1. The molecule has 0 spiro atoms. The number of aryl methyl sites for hydroxylation is 1. The van der Waals surface area contributed by atoms with E-state index in [1.165, 1.54) is 5.56 Å². The van der Waals surface area contributed by atoms with Gasteiger partial charge in [0.2, 0.25) is 5.91 Å². The lowest BCUT2D eigenvalue weighted by molar-refractivity contribution is -0.121. The highest BCUT2D eigenvalue weighted by molar-refractivity contribution is 5.76. The van der Waals surface area contributed by atoms with E-state index in [1.54, 1.807) is 0 Å². The van der Waals surface area contributed by atoms with Crippen molar-refractivity contribution in [3.63, 3.8) is 0 Å². The van der Waals surface area contributed by atoms with E-state index >= 15 is 0 Å². The van der Waals surface area contributed by atoms with E-state index in [0.29, 0.717) is 12.3 Å². The van der Waals surface area contributed by atoms with Crippen LogP contribution in [0.1, 0.15) is 25.3 Å². The highest BCUT2D eigenvalue weighted by Crippen LogP contribution is 2.12. The van der Waals surface area contributed by atoms with E-state index in [-0.39, 0.29) is 12.5 Å². The zero-order chi connectivity index (χ0) is 12.5. The topological polar surface area (TPSA) is 52.9 Å². The van der Waals surface area contributed by atoms with Crippen LogP contribution in [-0.4, -0.2) is 12.5 Å². The van der Waals surface area contributed by atoms with Gasteiger partial charge in [-0.15, -0.1) is 0 Å². The van der Waals surface area contributed by atoms with Crippen LogP contribution in [0, 0.1) is 17.2 Å². The Bertz CT molecular complexity index is 381. The van der Waals surface area contributed by atoms with Gasteiger partial charge in [0.25, 0.3) is 0 Å². The van der Waals surface area contributed by atoms with Gasteiger partial charge >= 0.3 is 0 Å². The molecule has 1 atom stereocenters. The molecule has 1 unspecified atom stereocenters. The Labute approximate surface area is 102 Å². The summed E-state index contributed by atoms with van der Waals surface area (Å²) in [7, 11) is 0. The molecule has 0 fully saturated rings. The zero-order valence-electron chi connectivity index (χ0n) is 10.1. The number of carbonyl (C=O) groups excluding carboxylic acids is 1. The van der Waals surface area contributed by atoms with E-state index < -0.39 is 0 Å². The molecule has 0 aliphatic carbocycles. The third-order valence-corrected chi connectivity index (χ3v) is 2.67. The Balaban J connectivity index is 2.24. The van der Waals surface area contributed by atoms with Crippen LogP contribution in [0.15, 0.2) is 30.3 Å². The molecule has 0 aliphatic heterocycles. The van der Waals surface area contributed by atoms with Crippen molar-refractivity contribution >= 4 is 5.91 Å². The van der Waals surface area contributed by atoms with Crippen LogP contribution in [0.25, 0.3) is 0 Å². The fraction of sp³-hybridized carbons (Fsp3) is 0.429. The van der Waals surface area contributed by atoms with Gasteiger partial charge in [-0.3, -0.25) is 4.79 Å². The van der Waals surface area contributed by atoms with Crippen molar-refractivity contribution in [1.82, 2.24) is 5.32 Å². The minimum absolute atomic E-state index is 0.0351. The second-order valence-electron chi connectivity index (χ2n) is 4.27. The van der Waals surface area contributed by atoms with Crippen molar-refractivity contribution in [2.45, 2.75) is 26.2 Å². The summed E-state index contributed by atoms with van der Waals surface area (Å²) in [4.78, 5) is 11.4. The van der Waals surface area contributed by atoms with Crippen molar-refractivity contribution in [2.75, 3.05) is 6.54 Å². The second-order valence-corrected chi connectivity index (χ2v) is 4.27. The zero-order valence-corrected chi connectivity index (χ0v) is 10.1. The van der Waals surface area contributed by atoms with Crippen molar-refractivity contribution in [3.05, 3.63) is 35.9 Å². The maximum atomic E-state index is 11.4. The SMILES string of the molecule is CC(CCc1ccccc1)CC(=O)NCC#N. The van der Waals surface area contributed by atoms with Gasteiger partial charge in [0.05, 0.1) is 6.07 Å². The Hall–Kier alpha value is -1.82. The highest BCUT2D eigenvalue weighted by atomic mass is 16.1. The molecule has 90 valence electrons. The molecule has 0 aromatic heterocycles. The van der Waals surface area contributed by atoms with Crippen molar-refractivity contribution < 1.29 is 4.79 Å². The van der Waals surface area contributed by atoms with Gasteiger partial charge in [0.1, 0.15) is 6.54 Å². The molecule has 0 heterocycles. The van der Waals surface area contributed by atoms with Crippen molar-refractivity contribution in [1.29, 1.82) is 5.26 Å². The molecule has 1 rings (SSSR count). The fourth-order valence-corrected chi connectivity index (χ4v) is 1.69. The summed E-state index contributed by atoms with van der Waals surface area (Å²) in [5.41, 5.74) is 1.30. The summed E-state index contributed by atoms with van der Waals surface area (Å²) < 4.78 is 0. The molecule has 0 radical (unpaired) electrons. The van der Waals surface area contributed by atoms with Gasteiger partial charge in [-0.2, -0.15) is 5.26 Å². The normalized spacial score (nSPS) is 11.5. The Kier molecular flexibility index (Phi) is 5.81. The smallest absolute Gasteiger partial charge is 0.221 e. The van der Waals surface area contributed by atoms with Gasteiger partial charge in [-0.25, -0.2) is 0 Å². The average Bonchev–Trinajstić information content (AvgIpc) is 2.35. The summed E-state index contributed by atoms with van der Waals surface area (Å²) in [6.45, 7) is 2.17. The highest BCUT2D eigenvalue weighted by Gasteiger charge is 2.08. The number of nitrogens with zero attached hydrogens (tertiary/aromatic N) is 1. The van der Waals surface area contributed by atoms with E-state index in [2.05, 4.69) is 24.4 Å². The van der Waals surface area contributed by atoms with E-state index in [1.807, 2.05) is 24.3 Å². The van der Waals surface area contributed by atoms with Gasteiger partial charge in [0.15, 0.2) is 0 Å². The van der Waals surface area contributed by atoms with Gasteiger partial charge in [-0.05, 0) is 24.3 Å². The summed E-state index contributed by atoms with van der Waals surface area (Å²) >= 11 is 0. The number of rotatable bonds is 6. The van der Waals surface area contributed by atoms with Crippen LogP contribution in [-0.2, 0) is 11.2 Å². The predicted octanol–water partition coefficient (Wildman–Crippen LogP) is 2.29. The number of nitrogens with one attached hydrogen (secondary N) is 1. The lowest BCUT2D eigenvalue weighted by Gasteiger charge is -2.10. The van der Waals surface area contributed by atoms with Crippen LogP contribution >= 0.6 is 0 Å². The molecule has 1 aromatic rings. The van der Waals surface area contributed by atoms with Crippen LogP contribution in [0.5, 0.6) is 0 Å². The lowest BCUT2D eigenvalue weighted by atomic mass is 9.98. The largest absolute Gasteiger partial charge is 0.343 e. The quantitative estimate of drug-likeness (QED) is 0.762. The van der Waals surface area contributed by atoms with E-state index in [9.17, 15) is 4.79 Å². The first-order valence-corrected chi connectivity index (χ1v) is 5.90. The van der Waals surface area contributed by atoms with E-state index in [0.717, 1.165) is 12.8 Å². The molecule has 0 bridgehead atoms. The minimum atomic E-state index is -0.0351. The van der Waals surface area contributed by atoms with Crippen LogP contribution in [0.2, 0.25) is 0 Å². The molecular weight excluding hydrogens is 212 g/mol. The molecule has 0 saturated heterocycles. The molecule has 17 heavy (non-hydrogen) atoms. The Morgan fingerprint density at radius 1 is 1.41 bits per heavy atom. The third kappa shape index (κ3) is 5.72. The minimum Gasteiger partial charge on any atom is -0.343 e. The molecule has 1 amide bonds. The van der Waals surface area contributed by atoms with Crippen molar-refractivity contribution in [3.8, 4) is 6.07 Å². The maximum absolute atomic E-state index is 11.4. The molecule has 0 aliphatic rings. The standard InChI is InChI=1S/C14H18N2O/c1-12(11-14(17)16-10-9-15)7-8-13-5-3-2-4-6-13/h2-6,12H,7-8,10-11H2,1H3,(H,16,17). The number of hydrogen-bond donors (Lipinski definition) is 1. The monoisotopic (exact) mass is 230 g/mol. The summed E-state index contributed by atoms with van der Waals surface area (Å²) in [6, 6.07) is 12.2. The first kappa shape index (κ1) is 13.2. The summed E-state index contributed by atoms with van der Waals surface area (Å²) in [5, 5.41) is 10.9. The molecule has 3 nitrogen and oxygen atoms in total. The molecule has 1 N–H and O–H groups in total. The Morgan fingerprint density at radius 2 is 2.12 bits per heavy atom. The number of nitriles is 1. The number of benzene rings is 1. The number of hydrogen-bond acceptors (Lipinski definition) is 2. The molecule has 3 heteroatoms.